The molecule has 0 aliphatic rings. The van der Waals surface area contributed by atoms with E-state index in [2.05, 4.69) is 16.0 Å². The molecular formula is C16H33N5O4. The first-order valence-electron chi connectivity index (χ1n) is 8.63. The van der Waals surface area contributed by atoms with Crippen molar-refractivity contribution in [2.75, 3.05) is 26.2 Å². The summed E-state index contributed by atoms with van der Waals surface area (Å²) in [6.07, 6.45) is 0.891. The molecule has 1 atom stereocenters. The minimum absolute atomic E-state index is 0.106. The quantitative estimate of drug-likeness (QED) is 0.317. The summed E-state index contributed by atoms with van der Waals surface area (Å²) in [4.78, 5) is 35.9. The van der Waals surface area contributed by atoms with E-state index in [1.165, 1.54) is 0 Å². The molecule has 3 amide bonds. The van der Waals surface area contributed by atoms with Crippen LogP contribution in [0.1, 0.15) is 46.5 Å². The van der Waals surface area contributed by atoms with Gasteiger partial charge in [-0.2, -0.15) is 0 Å². The molecule has 0 rings (SSSR count). The zero-order valence-electron chi connectivity index (χ0n) is 15.5. The Morgan fingerprint density at radius 2 is 1.56 bits per heavy atom. The number of rotatable bonds is 11. The highest BCUT2D eigenvalue weighted by atomic mass is 16.6. The van der Waals surface area contributed by atoms with Gasteiger partial charge in [0.05, 0.1) is 0 Å². The second-order valence-electron chi connectivity index (χ2n) is 6.66. The van der Waals surface area contributed by atoms with E-state index in [1.807, 2.05) is 0 Å². The van der Waals surface area contributed by atoms with Gasteiger partial charge in [0.1, 0.15) is 11.6 Å². The van der Waals surface area contributed by atoms with E-state index in [-0.39, 0.29) is 24.7 Å². The third-order valence-electron chi connectivity index (χ3n) is 3.05. The Labute approximate surface area is 149 Å². The Bertz CT molecular complexity index is 423. The van der Waals surface area contributed by atoms with E-state index in [9.17, 15) is 14.4 Å². The maximum Gasteiger partial charge on any atom is 0.408 e. The molecule has 0 saturated heterocycles. The fourth-order valence-electron chi connectivity index (χ4n) is 1.85. The molecule has 7 N–H and O–H groups in total. The van der Waals surface area contributed by atoms with Crippen molar-refractivity contribution in [1.29, 1.82) is 0 Å². The Hall–Kier alpha value is -1.87. The molecule has 146 valence electrons. The summed E-state index contributed by atoms with van der Waals surface area (Å²) in [5.74, 6) is -0.562. The van der Waals surface area contributed by atoms with Gasteiger partial charge in [-0.05, 0) is 53.1 Å². The SMILES string of the molecule is CC(C)(C)OC(=O)N[C@@H](CCC(=O)NCCCN)C(=O)NCCCN. The molecule has 0 aromatic rings. The van der Waals surface area contributed by atoms with Crippen LogP contribution in [0.5, 0.6) is 0 Å². The number of nitrogens with one attached hydrogen (secondary N) is 3. The molecule has 0 unspecified atom stereocenters. The fourth-order valence-corrected chi connectivity index (χ4v) is 1.85. The minimum Gasteiger partial charge on any atom is -0.444 e. The lowest BCUT2D eigenvalue weighted by atomic mass is 10.1. The summed E-state index contributed by atoms with van der Waals surface area (Å²) in [5, 5.41) is 7.92. The summed E-state index contributed by atoms with van der Waals surface area (Å²) >= 11 is 0. The topological polar surface area (TPSA) is 149 Å². The summed E-state index contributed by atoms with van der Waals surface area (Å²) in [7, 11) is 0. The minimum atomic E-state index is -0.854. The Morgan fingerprint density at radius 1 is 1.00 bits per heavy atom. The molecule has 0 fully saturated rings. The molecule has 0 radical (unpaired) electrons. The maximum atomic E-state index is 12.2. The van der Waals surface area contributed by atoms with Crippen LogP contribution in [0.25, 0.3) is 0 Å². The number of hydrogen-bond donors (Lipinski definition) is 5. The second kappa shape index (κ2) is 12.5. The third-order valence-corrected chi connectivity index (χ3v) is 3.05. The molecule has 0 saturated carbocycles. The fraction of sp³-hybridized carbons (Fsp3) is 0.812. The number of nitrogens with two attached hydrogens (primary N) is 2. The number of carbonyl (C=O) groups excluding carboxylic acids is 3. The molecule has 9 heteroatoms. The molecule has 9 nitrogen and oxygen atoms in total. The summed E-state index contributed by atoms with van der Waals surface area (Å²) in [6, 6.07) is -0.854. The smallest absolute Gasteiger partial charge is 0.408 e. The van der Waals surface area contributed by atoms with Crippen molar-refractivity contribution < 1.29 is 19.1 Å². The van der Waals surface area contributed by atoms with Crippen molar-refractivity contribution >= 4 is 17.9 Å². The summed E-state index contributed by atoms with van der Waals surface area (Å²) in [5.41, 5.74) is 10.1. The monoisotopic (exact) mass is 359 g/mol. The second-order valence-corrected chi connectivity index (χ2v) is 6.66. The van der Waals surface area contributed by atoms with Gasteiger partial charge in [0.15, 0.2) is 0 Å². The largest absolute Gasteiger partial charge is 0.444 e. The van der Waals surface area contributed by atoms with Crippen LogP contribution in [0.2, 0.25) is 0 Å². The lowest BCUT2D eigenvalue weighted by molar-refractivity contribution is -0.124. The van der Waals surface area contributed by atoms with Gasteiger partial charge in [0.25, 0.3) is 0 Å². The predicted molar refractivity (Wildman–Crippen MR) is 95.8 cm³/mol. The van der Waals surface area contributed by atoms with Gasteiger partial charge in [-0.3, -0.25) is 9.59 Å². The lowest BCUT2D eigenvalue weighted by Crippen LogP contribution is -2.49. The van der Waals surface area contributed by atoms with Crippen LogP contribution in [0.4, 0.5) is 4.79 Å². The van der Waals surface area contributed by atoms with Gasteiger partial charge in [0, 0.05) is 19.5 Å². The molecule has 0 bridgehead atoms. The van der Waals surface area contributed by atoms with Gasteiger partial charge in [0.2, 0.25) is 11.8 Å². The zero-order chi connectivity index (χ0) is 19.3. The molecule has 0 spiro atoms. The average molecular weight is 359 g/mol. The number of amides is 3. The molecule has 0 heterocycles. The van der Waals surface area contributed by atoms with Gasteiger partial charge in [-0.1, -0.05) is 0 Å². The highest BCUT2D eigenvalue weighted by molar-refractivity contribution is 5.86. The molecule has 25 heavy (non-hydrogen) atoms. The van der Waals surface area contributed by atoms with Gasteiger partial charge in [-0.25, -0.2) is 4.79 Å². The first kappa shape index (κ1) is 23.1. The van der Waals surface area contributed by atoms with Crippen LogP contribution in [-0.4, -0.2) is 55.7 Å². The van der Waals surface area contributed by atoms with E-state index in [1.54, 1.807) is 20.8 Å². The van der Waals surface area contributed by atoms with E-state index in [0.717, 1.165) is 0 Å². The van der Waals surface area contributed by atoms with Crippen LogP contribution in [0.15, 0.2) is 0 Å². The maximum absolute atomic E-state index is 12.2. The Balaban J connectivity index is 4.58. The van der Waals surface area contributed by atoms with E-state index < -0.39 is 17.7 Å². The predicted octanol–water partition coefficient (Wildman–Crippen LogP) is -0.410. The number of ether oxygens (including phenoxy) is 1. The van der Waals surface area contributed by atoms with Gasteiger partial charge >= 0.3 is 6.09 Å². The van der Waals surface area contributed by atoms with E-state index in [0.29, 0.717) is 39.0 Å². The number of carbonyl (C=O) groups is 3. The van der Waals surface area contributed by atoms with Crippen molar-refractivity contribution in [3.05, 3.63) is 0 Å². The van der Waals surface area contributed by atoms with E-state index >= 15 is 0 Å². The first-order valence-corrected chi connectivity index (χ1v) is 8.63. The Kier molecular flexibility index (Phi) is 11.6. The highest BCUT2D eigenvalue weighted by Gasteiger charge is 2.24. The van der Waals surface area contributed by atoms with E-state index in [4.69, 9.17) is 16.2 Å². The van der Waals surface area contributed by atoms with Crippen molar-refractivity contribution in [2.24, 2.45) is 11.5 Å². The van der Waals surface area contributed by atoms with Crippen molar-refractivity contribution in [2.45, 2.75) is 58.1 Å². The standard InChI is InChI=1S/C16H33N5O4/c1-16(2,3)25-15(24)21-12(14(23)20-11-5-9-18)6-7-13(22)19-10-4-8-17/h12H,4-11,17-18H2,1-3H3,(H,19,22)(H,20,23)(H,21,24)/t12-/m0/s1. The number of alkyl carbamates (subject to hydrolysis) is 1. The molecule has 0 aromatic carbocycles. The van der Waals surface area contributed by atoms with Gasteiger partial charge < -0.3 is 32.2 Å². The average Bonchev–Trinajstić information content (AvgIpc) is 2.50. The zero-order valence-corrected chi connectivity index (χ0v) is 15.5. The Morgan fingerprint density at radius 3 is 2.08 bits per heavy atom. The molecule has 0 aliphatic heterocycles. The number of hydrogen-bond acceptors (Lipinski definition) is 6. The summed E-state index contributed by atoms with van der Waals surface area (Å²) < 4.78 is 5.17. The van der Waals surface area contributed by atoms with Crippen LogP contribution in [0, 0.1) is 0 Å². The molecular weight excluding hydrogens is 326 g/mol. The normalized spacial score (nSPS) is 12.2. The third kappa shape index (κ3) is 13.1. The van der Waals surface area contributed by atoms with Gasteiger partial charge in [-0.15, -0.1) is 0 Å². The molecule has 0 aromatic heterocycles. The van der Waals surface area contributed by atoms with Crippen LogP contribution in [-0.2, 0) is 14.3 Å². The highest BCUT2D eigenvalue weighted by Crippen LogP contribution is 2.08. The van der Waals surface area contributed by atoms with Crippen molar-refractivity contribution in [3.63, 3.8) is 0 Å². The van der Waals surface area contributed by atoms with Crippen LogP contribution < -0.4 is 27.4 Å². The van der Waals surface area contributed by atoms with Crippen LogP contribution in [0.3, 0.4) is 0 Å². The summed E-state index contributed by atoms with van der Waals surface area (Å²) in [6.45, 7) is 7.03. The van der Waals surface area contributed by atoms with Crippen molar-refractivity contribution in [1.82, 2.24) is 16.0 Å². The lowest BCUT2D eigenvalue weighted by Gasteiger charge is -2.23. The first-order chi connectivity index (χ1) is 11.7. The van der Waals surface area contributed by atoms with Crippen LogP contribution >= 0.6 is 0 Å². The molecule has 0 aliphatic carbocycles. The van der Waals surface area contributed by atoms with Crippen molar-refractivity contribution in [3.8, 4) is 0 Å².